The van der Waals surface area contributed by atoms with Gasteiger partial charge in [0.25, 0.3) is 0 Å². The molecule has 0 aliphatic carbocycles. The first-order chi connectivity index (χ1) is 12.2. The van der Waals surface area contributed by atoms with Crippen molar-refractivity contribution in [3.63, 3.8) is 0 Å². The number of guanidine groups is 1. The Bertz CT molecular complexity index is 374. The van der Waals surface area contributed by atoms with E-state index in [0.717, 1.165) is 25.0 Å². The molecular formula is C20H42IN5. The number of nitrogens with one attached hydrogen (secondary N) is 2. The number of aliphatic imine (C=N–C) groups is 1. The summed E-state index contributed by atoms with van der Waals surface area (Å²) in [4.78, 5) is 10.0. The van der Waals surface area contributed by atoms with Crippen LogP contribution in [-0.4, -0.2) is 74.2 Å². The van der Waals surface area contributed by atoms with Gasteiger partial charge in [-0.3, -0.25) is 4.99 Å². The van der Waals surface area contributed by atoms with Crippen LogP contribution in [0, 0.1) is 5.92 Å². The van der Waals surface area contributed by atoms with Gasteiger partial charge in [-0.2, -0.15) is 0 Å². The number of rotatable bonds is 8. The number of hydrogen-bond acceptors (Lipinski definition) is 3. The average molecular weight is 479 g/mol. The Morgan fingerprint density at radius 2 is 1.62 bits per heavy atom. The third-order valence-electron chi connectivity index (χ3n) is 5.77. The van der Waals surface area contributed by atoms with Gasteiger partial charge in [0.1, 0.15) is 0 Å². The lowest BCUT2D eigenvalue weighted by Crippen LogP contribution is -2.48. The summed E-state index contributed by atoms with van der Waals surface area (Å²) in [5.74, 6) is 1.90. The van der Waals surface area contributed by atoms with E-state index < -0.39 is 0 Å². The number of halogens is 1. The molecule has 0 spiro atoms. The van der Waals surface area contributed by atoms with Crippen molar-refractivity contribution in [3.8, 4) is 0 Å². The first-order valence-corrected chi connectivity index (χ1v) is 10.7. The second kappa shape index (κ2) is 14.0. The van der Waals surface area contributed by atoms with Crippen LogP contribution in [0.25, 0.3) is 0 Å². The van der Waals surface area contributed by atoms with Crippen LogP contribution in [0.4, 0.5) is 0 Å². The van der Waals surface area contributed by atoms with E-state index in [1.165, 1.54) is 77.8 Å². The molecule has 0 saturated carbocycles. The molecule has 0 unspecified atom stereocenters. The fourth-order valence-corrected chi connectivity index (χ4v) is 4.08. The summed E-state index contributed by atoms with van der Waals surface area (Å²) >= 11 is 0. The van der Waals surface area contributed by atoms with E-state index in [1.807, 2.05) is 0 Å². The molecule has 26 heavy (non-hydrogen) atoms. The average Bonchev–Trinajstić information content (AvgIpc) is 2.64. The predicted octanol–water partition coefficient (Wildman–Crippen LogP) is 3.16. The van der Waals surface area contributed by atoms with E-state index in [2.05, 4.69) is 41.2 Å². The van der Waals surface area contributed by atoms with Crippen molar-refractivity contribution in [3.05, 3.63) is 0 Å². The largest absolute Gasteiger partial charge is 0.357 e. The Morgan fingerprint density at radius 3 is 2.19 bits per heavy atom. The van der Waals surface area contributed by atoms with E-state index in [4.69, 9.17) is 4.99 Å². The van der Waals surface area contributed by atoms with Gasteiger partial charge in [-0.25, -0.2) is 0 Å². The maximum Gasteiger partial charge on any atom is 0.191 e. The van der Waals surface area contributed by atoms with Gasteiger partial charge in [0.2, 0.25) is 0 Å². The highest BCUT2D eigenvalue weighted by molar-refractivity contribution is 14.0. The van der Waals surface area contributed by atoms with Crippen LogP contribution in [0.2, 0.25) is 0 Å². The Balaban J connectivity index is 0.00000338. The van der Waals surface area contributed by atoms with Crippen molar-refractivity contribution in [2.45, 2.75) is 65.3 Å². The van der Waals surface area contributed by atoms with Gasteiger partial charge in [-0.15, -0.1) is 24.0 Å². The molecular weight excluding hydrogens is 437 g/mol. The molecule has 6 heteroatoms. The molecule has 2 heterocycles. The zero-order valence-electron chi connectivity index (χ0n) is 17.3. The minimum absolute atomic E-state index is 0. The summed E-state index contributed by atoms with van der Waals surface area (Å²) in [7, 11) is 0. The summed E-state index contributed by atoms with van der Waals surface area (Å²) < 4.78 is 0. The van der Waals surface area contributed by atoms with Crippen LogP contribution in [-0.2, 0) is 0 Å². The molecule has 2 fully saturated rings. The van der Waals surface area contributed by atoms with E-state index >= 15 is 0 Å². The van der Waals surface area contributed by atoms with E-state index in [-0.39, 0.29) is 24.0 Å². The highest BCUT2D eigenvalue weighted by Gasteiger charge is 2.20. The smallest absolute Gasteiger partial charge is 0.191 e. The lowest BCUT2D eigenvalue weighted by Gasteiger charge is -2.33. The first-order valence-electron chi connectivity index (χ1n) is 10.7. The Kier molecular flexibility index (Phi) is 12.9. The van der Waals surface area contributed by atoms with Crippen LogP contribution in [0.1, 0.15) is 59.3 Å². The summed E-state index contributed by atoms with van der Waals surface area (Å²) in [5.41, 5.74) is 0. The van der Waals surface area contributed by atoms with Gasteiger partial charge in [0.05, 0.1) is 0 Å². The molecule has 0 atom stereocenters. The van der Waals surface area contributed by atoms with Crippen LogP contribution in [0.15, 0.2) is 4.99 Å². The second-order valence-electron chi connectivity index (χ2n) is 7.69. The topological polar surface area (TPSA) is 42.9 Å². The minimum atomic E-state index is 0. The zero-order valence-corrected chi connectivity index (χ0v) is 19.6. The molecule has 0 aromatic heterocycles. The van der Waals surface area contributed by atoms with Crippen LogP contribution in [0.3, 0.4) is 0 Å². The molecule has 2 aliphatic rings. The SMILES string of the molecule is CCCN1CCC(NC(=NCCC2CCN(CC)CC2)NCC)CC1.I. The molecule has 0 bridgehead atoms. The summed E-state index contributed by atoms with van der Waals surface area (Å²) in [6.45, 7) is 16.0. The van der Waals surface area contributed by atoms with Gasteiger partial charge >= 0.3 is 0 Å². The lowest BCUT2D eigenvalue weighted by molar-refractivity contribution is 0.188. The Morgan fingerprint density at radius 1 is 0.962 bits per heavy atom. The monoisotopic (exact) mass is 479 g/mol. The van der Waals surface area contributed by atoms with E-state index in [1.54, 1.807) is 0 Å². The number of likely N-dealkylation sites (tertiary alicyclic amines) is 2. The number of hydrogen-bond donors (Lipinski definition) is 2. The number of nitrogens with zero attached hydrogens (tertiary/aromatic N) is 3. The minimum Gasteiger partial charge on any atom is -0.357 e. The molecule has 0 aromatic rings. The highest BCUT2D eigenvalue weighted by Crippen LogP contribution is 2.20. The molecule has 154 valence electrons. The van der Waals surface area contributed by atoms with E-state index in [9.17, 15) is 0 Å². The molecule has 2 rings (SSSR count). The van der Waals surface area contributed by atoms with Crippen molar-refractivity contribution in [2.75, 3.05) is 52.4 Å². The zero-order chi connectivity index (χ0) is 17.9. The molecule has 0 aromatic carbocycles. The molecule has 2 saturated heterocycles. The molecule has 0 amide bonds. The quantitative estimate of drug-likeness (QED) is 0.319. The fraction of sp³-hybridized carbons (Fsp3) is 0.950. The molecule has 2 N–H and O–H groups in total. The third kappa shape index (κ3) is 8.74. The Labute approximate surface area is 178 Å². The molecule has 0 radical (unpaired) electrons. The van der Waals surface area contributed by atoms with Crippen LogP contribution < -0.4 is 10.6 Å². The van der Waals surface area contributed by atoms with Crippen molar-refractivity contribution < 1.29 is 0 Å². The standard InChI is InChI=1S/C20H41N5.HI/c1-4-13-25-16-10-19(11-17-25)23-20(21-5-2)22-12-7-18-8-14-24(6-3)15-9-18;/h18-19H,4-17H2,1-3H3,(H2,21,22,23);1H. The fourth-order valence-electron chi connectivity index (χ4n) is 4.08. The normalized spacial score (nSPS) is 21.4. The van der Waals surface area contributed by atoms with Gasteiger partial charge in [-0.05, 0) is 77.5 Å². The highest BCUT2D eigenvalue weighted by atomic mass is 127. The molecule has 2 aliphatic heterocycles. The first kappa shape index (κ1) is 24.0. The van der Waals surface area contributed by atoms with Crippen molar-refractivity contribution in [1.29, 1.82) is 0 Å². The lowest BCUT2D eigenvalue weighted by atomic mass is 9.94. The van der Waals surface area contributed by atoms with Crippen molar-refractivity contribution in [2.24, 2.45) is 10.9 Å². The van der Waals surface area contributed by atoms with Crippen molar-refractivity contribution in [1.82, 2.24) is 20.4 Å². The van der Waals surface area contributed by atoms with Crippen molar-refractivity contribution >= 4 is 29.9 Å². The van der Waals surface area contributed by atoms with Gasteiger partial charge in [0.15, 0.2) is 5.96 Å². The van der Waals surface area contributed by atoms with Crippen LogP contribution >= 0.6 is 24.0 Å². The Hall–Kier alpha value is -0.0800. The predicted molar refractivity (Wildman–Crippen MR) is 124 cm³/mol. The number of piperidine rings is 2. The van der Waals surface area contributed by atoms with Crippen LogP contribution in [0.5, 0.6) is 0 Å². The van der Waals surface area contributed by atoms with Gasteiger partial charge < -0.3 is 20.4 Å². The molecule has 5 nitrogen and oxygen atoms in total. The van der Waals surface area contributed by atoms with Gasteiger partial charge in [0, 0.05) is 32.2 Å². The van der Waals surface area contributed by atoms with E-state index in [0.29, 0.717) is 6.04 Å². The maximum atomic E-state index is 4.86. The summed E-state index contributed by atoms with van der Waals surface area (Å²) in [6, 6.07) is 0.582. The maximum absolute atomic E-state index is 4.86. The second-order valence-corrected chi connectivity index (χ2v) is 7.69. The third-order valence-corrected chi connectivity index (χ3v) is 5.77. The van der Waals surface area contributed by atoms with Gasteiger partial charge in [-0.1, -0.05) is 13.8 Å². The summed E-state index contributed by atoms with van der Waals surface area (Å²) in [5, 5.41) is 7.11. The summed E-state index contributed by atoms with van der Waals surface area (Å²) in [6.07, 6.45) is 7.68.